The molecule has 8 heteroatoms. The summed E-state index contributed by atoms with van der Waals surface area (Å²) in [4.78, 5) is 24.7. The Balaban J connectivity index is 1.83. The monoisotopic (exact) mass is 364 g/mol. The molecule has 0 radical (unpaired) electrons. The molecule has 2 N–H and O–H groups in total. The normalized spacial score (nSPS) is 15.2. The Hall–Kier alpha value is -2.09. The molecule has 0 saturated carbocycles. The first-order chi connectivity index (χ1) is 12.5. The van der Waals surface area contributed by atoms with E-state index in [9.17, 15) is 4.79 Å². The Morgan fingerprint density at radius 1 is 1.31 bits per heavy atom. The van der Waals surface area contributed by atoms with Crippen molar-refractivity contribution in [2.24, 2.45) is 0 Å². The molecule has 0 spiro atoms. The summed E-state index contributed by atoms with van der Waals surface area (Å²) in [5.41, 5.74) is 0. The van der Waals surface area contributed by atoms with E-state index in [0.29, 0.717) is 25.7 Å². The maximum Gasteiger partial charge on any atom is 0.409 e. The first kappa shape index (κ1) is 20.2. The van der Waals surface area contributed by atoms with Crippen LogP contribution in [0.4, 0.5) is 16.4 Å². The average molecular weight is 364 g/mol. The fourth-order valence-corrected chi connectivity index (χ4v) is 2.97. The van der Waals surface area contributed by atoms with Crippen molar-refractivity contribution in [1.82, 2.24) is 19.8 Å². The number of hydrogen-bond acceptors (Lipinski definition) is 7. The predicted octanol–water partition coefficient (Wildman–Crippen LogP) is 2.18. The lowest BCUT2D eigenvalue weighted by atomic mass is 10.1. The number of nitrogens with one attached hydrogen (secondary N) is 2. The van der Waals surface area contributed by atoms with E-state index in [1.54, 1.807) is 4.90 Å². The highest BCUT2D eigenvalue weighted by atomic mass is 16.6. The summed E-state index contributed by atoms with van der Waals surface area (Å²) in [5.74, 6) is 2.43. The van der Waals surface area contributed by atoms with Gasteiger partial charge in [-0.05, 0) is 53.8 Å². The molecule has 1 amide bonds. The van der Waals surface area contributed by atoms with Gasteiger partial charge in [-0.15, -0.1) is 0 Å². The van der Waals surface area contributed by atoms with E-state index in [0.717, 1.165) is 49.8 Å². The number of aryl methyl sites for hydroxylation is 1. The van der Waals surface area contributed by atoms with Gasteiger partial charge in [0.1, 0.15) is 17.5 Å². The van der Waals surface area contributed by atoms with Gasteiger partial charge in [0, 0.05) is 31.7 Å². The van der Waals surface area contributed by atoms with Crippen LogP contribution in [-0.2, 0) is 4.74 Å². The van der Waals surface area contributed by atoms with Gasteiger partial charge in [0.25, 0.3) is 0 Å². The van der Waals surface area contributed by atoms with Crippen molar-refractivity contribution in [2.45, 2.75) is 39.2 Å². The van der Waals surface area contributed by atoms with Crippen molar-refractivity contribution in [3.8, 4) is 0 Å². The number of amides is 1. The van der Waals surface area contributed by atoms with Gasteiger partial charge in [-0.1, -0.05) is 0 Å². The molecule has 0 bridgehead atoms. The van der Waals surface area contributed by atoms with Crippen LogP contribution in [0.2, 0.25) is 0 Å². The minimum Gasteiger partial charge on any atom is -0.450 e. The van der Waals surface area contributed by atoms with Crippen LogP contribution in [-0.4, -0.2) is 78.8 Å². The van der Waals surface area contributed by atoms with Gasteiger partial charge in [0.05, 0.1) is 6.61 Å². The minimum absolute atomic E-state index is 0.215. The van der Waals surface area contributed by atoms with Crippen LogP contribution >= 0.6 is 0 Å². The van der Waals surface area contributed by atoms with Crippen molar-refractivity contribution >= 4 is 17.7 Å². The van der Waals surface area contributed by atoms with Gasteiger partial charge in [0.15, 0.2) is 0 Å². The molecule has 8 nitrogen and oxygen atoms in total. The van der Waals surface area contributed by atoms with Gasteiger partial charge >= 0.3 is 6.09 Å². The quantitative estimate of drug-likeness (QED) is 0.684. The first-order valence-electron chi connectivity index (χ1n) is 9.40. The Morgan fingerprint density at radius 2 is 2.00 bits per heavy atom. The summed E-state index contributed by atoms with van der Waals surface area (Å²) in [7, 11) is 4.15. The standard InChI is InChI=1S/C18H32N6O2/c1-5-26-18(25)24-11-7-15(8-12-24)22-17-13-16(20-14(2)21-17)19-9-6-10-23(3)4/h13,15H,5-12H2,1-4H3,(H2,19,20,21,22). The maximum atomic E-state index is 11.8. The summed E-state index contributed by atoms with van der Waals surface area (Å²) in [5, 5.41) is 6.85. The van der Waals surface area contributed by atoms with E-state index in [-0.39, 0.29) is 6.09 Å². The van der Waals surface area contributed by atoms with E-state index >= 15 is 0 Å². The van der Waals surface area contributed by atoms with Crippen LogP contribution in [0.3, 0.4) is 0 Å². The largest absolute Gasteiger partial charge is 0.450 e. The lowest BCUT2D eigenvalue weighted by Gasteiger charge is -2.31. The molecule has 0 atom stereocenters. The lowest BCUT2D eigenvalue weighted by molar-refractivity contribution is 0.0983. The van der Waals surface area contributed by atoms with Gasteiger partial charge in [-0.3, -0.25) is 0 Å². The SMILES string of the molecule is CCOC(=O)N1CCC(Nc2cc(NCCCN(C)C)nc(C)n2)CC1. The van der Waals surface area contributed by atoms with Crippen molar-refractivity contribution in [3.63, 3.8) is 0 Å². The first-order valence-corrected chi connectivity index (χ1v) is 9.40. The molecule has 2 heterocycles. The molecule has 26 heavy (non-hydrogen) atoms. The average Bonchev–Trinajstić information content (AvgIpc) is 2.59. The number of rotatable bonds is 8. The minimum atomic E-state index is -0.215. The van der Waals surface area contributed by atoms with Crippen molar-refractivity contribution in [3.05, 3.63) is 11.9 Å². The van der Waals surface area contributed by atoms with Gasteiger partial charge in [-0.25, -0.2) is 14.8 Å². The highest BCUT2D eigenvalue weighted by Crippen LogP contribution is 2.18. The van der Waals surface area contributed by atoms with E-state index < -0.39 is 0 Å². The highest BCUT2D eigenvalue weighted by Gasteiger charge is 2.23. The summed E-state index contributed by atoms with van der Waals surface area (Å²) >= 11 is 0. The molecule has 1 aliphatic rings. The Bertz CT molecular complexity index is 573. The number of carbonyl (C=O) groups excluding carboxylic acids is 1. The molecule has 0 aliphatic carbocycles. The Kier molecular flexibility index (Phi) is 7.90. The number of nitrogens with zero attached hydrogens (tertiary/aromatic N) is 4. The highest BCUT2D eigenvalue weighted by molar-refractivity contribution is 5.67. The third kappa shape index (κ3) is 6.67. The smallest absolute Gasteiger partial charge is 0.409 e. The van der Waals surface area contributed by atoms with Crippen LogP contribution in [0.15, 0.2) is 6.07 Å². The van der Waals surface area contributed by atoms with Crippen LogP contribution in [0.25, 0.3) is 0 Å². The molecule has 1 saturated heterocycles. The van der Waals surface area contributed by atoms with E-state index in [1.807, 2.05) is 19.9 Å². The van der Waals surface area contributed by atoms with Gasteiger partial charge in [0.2, 0.25) is 0 Å². The third-order valence-corrected chi connectivity index (χ3v) is 4.30. The fraction of sp³-hybridized carbons (Fsp3) is 0.722. The molecule has 1 fully saturated rings. The van der Waals surface area contributed by atoms with E-state index in [4.69, 9.17) is 4.74 Å². The zero-order valence-electron chi connectivity index (χ0n) is 16.4. The molecular weight excluding hydrogens is 332 g/mol. The summed E-state index contributed by atoms with van der Waals surface area (Å²) in [6, 6.07) is 2.26. The summed E-state index contributed by atoms with van der Waals surface area (Å²) in [6.07, 6.45) is 2.61. The fourth-order valence-electron chi connectivity index (χ4n) is 2.97. The van der Waals surface area contributed by atoms with E-state index in [1.165, 1.54) is 0 Å². The molecule has 1 aromatic rings. The topological polar surface area (TPSA) is 82.6 Å². The number of hydrogen-bond donors (Lipinski definition) is 2. The summed E-state index contributed by atoms with van der Waals surface area (Å²) < 4.78 is 5.06. The van der Waals surface area contributed by atoms with E-state index in [2.05, 4.69) is 39.6 Å². The second kappa shape index (κ2) is 10.2. The maximum absolute atomic E-state index is 11.8. The molecular formula is C18H32N6O2. The van der Waals surface area contributed by atoms with Crippen LogP contribution in [0.5, 0.6) is 0 Å². The number of carbonyl (C=O) groups is 1. The number of ether oxygens (including phenoxy) is 1. The van der Waals surface area contributed by atoms with Crippen molar-refractivity contribution < 1.29 is 9.53 Å². The second-order valence-electron chi connectivity index (χ2n) is 6.87. The third-order valence-electron chi connectivity index (χ3n) is 4.30. The molecule has 0 aromatic carbocycles. The second-order valence-corrected chi connectivity index (χ2v) is 6.87. The van der Waals surface area contributed by atoms with Gasteiger partial charge in [-0.2, -0.15) is 0 Å². The predicted molar refractivity (Wildman–Crippen MR) is 104 cm³/mol. The van der Waals surface area contributed by atoms with Crippen LogP contribution in [0, 0.1) is 6.92 Å². The van der Waals surface area contributed by atoms with Gasteiger partial charge < -0.3 is 25.2 Å². The lowest BCUT2D eigenvalue weighted by Crippen LogP contribution is -2.42. The molecule has 1 aliphatic heterocycles. The Labute approximate surface area is 156 Å². The molecule has 2 rings (SSSR count). The zero-order chi connectivity index (χ0) is 18.9. The van der Waals surface area contributed by atoms with Crippen molar-refractivity contribution in [2.75, 3.05) is 57.5 Å². The van der Waals surface area contributed by atoms with Crippen molar-refractivity contribution in [1.29, 1.82) is 0 Å². The number of likely N-dealkylation sites (tertiary alicyclic amines) is 1. The molecule has 146 valence electrons. The summed E-state index contributed by atoms with van der Waals surface area (Å²) in [6.45, 7) is 7.48. The molecule has 1 aromatic heterocycles. The van der Waals surface area contributed by atoms with Crippen LogP contribution < -0.4 is 10.6 Å². The number of piperidine rings is 1. The number of aromatic nitrogens is 2. The zero-order valence-corrected chi connectivity index (χ0v) is 16.4. The molecule has 0 unspecified atom stereocenters. The Morgan fingerprint density at radius 3 is 2.65 bits per heavy atom. The van der Waals surface area contributed by atoms with Crippen LogP contribution in [0.1, 0.15) is 32.0 Å². The number of anilines is 2.